The van der Waals surface area contributed by atoms with E-state index in [1.807, 2.05) is 0 Å². The molecule has 3 rings (SSSR count). The SMILES string of the molecule is CC(C)N1[C@H]2CCCCC(=O)N[C@@]2(C)C[C@H]1c1ccccc1. The number of hydrogen-bond acceptors (Lipinski definition) is 2. The van der Waals surface area contributed by atoms with E-state index in [9.17, 15) is 4.79 Å². The average molecular weight is 300 g/mol. The highest BCUT2D eigenvalue weighted by Gasteiger charge is 2.51. The van der Waals surface area contributed by atoms with Crippen molar-refractivity contribution in [1.29, 1.82) is 0 Å². The highest BCUT2D eigenvalue weighted by atomic mass is 16.1. The Hall–Kier alpha value is -1.35. The Kier molecular flexibility index (Phi) is 4.26. The monoisotopic (exact) mass is 300 g/mol. The van der Waals surface area contributed by atoms with Gasteiger partial charge < -0.3 is 5.32 Å². The van der Waals surface area contributed by atoms with E-state index in [4.69, 9.17) is 0 Å². The molecule has 2 heterocycles. The first kappa shape index (κ1) is 15.5. The fraction of sp³-hybridized carbons (Fsp3) is 0.632. The van der Waals surface area contributed by atoms with Crippen LogP contribution in [0.2, 0.25) is 0 Å². The van der Waals surface area contributed by atoms with Gasteiger partial charge in [-0.2, -0.15) is 0 Å². The smallest absolute Gasteiger partial charge is 0.220 e. The summed E-state index contributed by atoms with van der Waals surface area (Å²) >= 11 is 0. The summed E-state index contributed by atoms with van der Waals surface area (Å²) in [6.07, 6.45) is 5.03. The lowest BCUT2D eigenvalue weighted by atomic mass is 9.85. The van der Waals surface area contributed by atoms with Crippen molar-refractivity contribution in [1.82, 2.24) is 10.2 Å². The zero-order chi connectivity index (χ0) is 15.7. The number of fused-ring (bicyclic) bond motifs is 1. The maximum atomic E-state index is 12.2. The molecule has 0 aromatic heterocycles. The zero-order valence-electron chi connectivity index (χ0n) is 14.0. The summed E-state index contributed by atoms with van der Waals surface area (Å²) in [4.78, 5) is 14.8. The molecule has 0 radical (unpaired) electrons. The van der Waals surface area contributed by atoms with Crippen molar-refractivity contribution in [3.05, 3.63) is 35.9 Å². The Balaban J connectivity index is 1.97. The lowest BCUT2D eigenvalue weighted by Gasteiger charge is -2.40. The van der Waals surface area contributed by atoms with Gasteiger partial charge in [-0.15, -0.1) is 0 Å². The Morgan fingerprint density at radius 1 is 1.23 bits per heavy atom. The third-order valence-electron chi connectivity index (χ3n) is 5.41. The van der Waals surface area contributed by atoms with Gasteiger partial charge in [-0.1, -0.05) is 36.8 Å². The highest BCUT2D eigenvalue weighted by molar-refractivity contribution is 5.77. The molecule has 1 N–H and O–H groups in total. The second-order valence-corrected chi connectivity index (χ2v) is 7.40. The highest BCUT2D eigenvalue weighted by Crippen LogP contribution is 2.45. The third-order valence-corrected chi connectivity index (χ3v) is 5.41. The largest absolute Gasteiger partial charge is 0.349 e. The molecule has 22 heavy (non-hydrogen) atoms. The number of carbonyl (C=O) groups is 1. The second-order valence-electron chi connectivity index (χ2n) is 7.40. The van der Waals surface area contributed by atoms with Crippen LogP contribution in [0.15, 0.2) is 30.3 Å². The Morgan fingerprint density at radius 3 is 2.64 bits per heavy atom. The van der Waals surface area contributed by atoms with Gasteiger partial charge in [0.15, 0.2) is 0 Å². The first-order valence-electron chi connectivity index (χ1n) is 8.65. The number of likely N-dealkylation sites (tertiary alicyclic amines) is 1. The van der Waals surface area contributed by atoms with Crippen LogP contribution in [0, 0.1) is 0 Å². The maximum absolute atomic E-state index is 12.2. The second kappa shape index (κ2) is 6.04. The molecule has 0 bridgehead atoms. The summed E-state index contributed by atoms with van der Waals surface area (Å²) in [6, 6.07) is 12.1. The lowest BCUT2D eigenvalue weighted by molar-refractivity contribution is -0.123. The first-order chi connectivity index (χ1) is 10.5. The molecular weight excluding hydrogens is 272 g/mol. The van der Waals surface area contributed by atoms with Crippen LogP contribution in [0.25, 0.3) is 0 Å². The van der Waals surface area contributed by atoms with Crippen molar-refractivity contribution < 1.29 is 4.79 Å². The van der Waals surface area contributed by atoms with E-state index < -0.39 is 0 Å². The Labute approximate surface area is 134 Å². The molecule has 0 aliphatic carbocycles. The number of nitrogens with zero attached hydrogens (tertiary/aromatic N) is 1. The summed E-state index contributed by atoms with van der Waals surface area (Å²) in [5.41, 5.74) is 1.26. The van der Waals surface area contributed by atoms with Gasteiger partial charge >= 0.3 is 0 Å². The van der Waals surface area contributed by atoms with E-state index in [2.05, 4.69) is 61.3 Å². The van der Waals surface area contributed by atoms with Crippen LogP contribution in [-0.4, -0.2) is 28.4 Å². The fourth-order valence-corrected chi connectivity index (χ4v) is 4.48. The molecule has 120 valence electrons. The summed E-state index contributed by atoms with van der Waals surface area (Å²) < 4.78 is 0. The minimum atomic E-state index is -0.109. The van der Waals surface area contributed by atoms with Crippen molar-refractivity contribution in [2.45, 2.75) is 76.5 Å². The van der Waals surface area contributed by atoms with E-state index in [-0.39, 0.29) is 11.4 Å². The predicted octanol–water partition coefficient (Wildman–Crippen LogP) is 3.66. The normalized spacial score (nSPS) is 33.2. The third kappa shape index (κ3) is 2.79. The summed E-state index contributed by atoms with van der Waals surface area (Å²) in [6.45, 7) is 6.81. The van der Waals surface area contributed by atoms with Crippen molar-refractivity contribution >= 4 is 5.91 Å². The molecule has 2 aliphatic heterocycles. The van der Waals surface area contributed by atoms with Gasteiger partial charge in [0.1, 0.15) is 0 Å². The average Bonchev–Trinajstić information content (AvgIpc) is 2.75. The van der Waals surface area contributed by atoms with Gasteiger partial charge in [0, 0.05) is 24.5 Å². The van der Waals surface area contributed by atoms with E-state index in [0.29, 0.717) is 24.5 Å². The molecule has 2 fully saturated rings. The van der Waals surface area contributed by atoms with Crippen molar-refractivity contribution in [3.8, 4) is 0 Å². The first-order valence-corrected chi connectivity index (χ1v) is 8.65. The van der Waals surface area contributed by atoms with Crippen LogP contribution >= 0.6 is 0 Å². The van der Waals surface area contributed by atoms with Gasteiger partial charge in [0.2, 0.25) is 5.91 Å². The van der Waals surface area contributed by atoms with Gasteiger partial charge in [0.25, 0.3) is 0 Å². The fourth-order valence-electron chi connectivity index (χ4n) is 4.48. The Bertz CT molecular complexity index is 527. The van der Waals surface area contributed by atoms with Crippen LogP contribution in [0.1, 0.15) is 64.5 Å². The van der Waals surface area contributed by atoms with Gasteiger partial charge in [-0.25, -0.2) is 0 Å². The van der Waals surface area contributed by atoms with E-state index in [0.717, 1.165) is 19.3 Å². The standard InChI is InChI=1S/C19H28N2O/c1-14(2)21-16(15-9-5-4-6-10-15)13-19(3)17(21)11-7-8-12-18(22)20-19/h4-6,9-10,14,16-17H,7-8,11-13H2,1-3H3,(H,20,22)/t16-,17-,19-/m0/s1. The molecule has 2 aliphatic rings. The Morgan fingerprint density at radius 2 is 1.95 bits per heavy atom. The molecule has 3 heteroatoms. The van der Waals surface area contributed by atoms with Crippen LogP contribution in [-0.2, 0) is 4.79 Å². The van der Waals surface area contributed by atoms with Gasteiger partial charge in [-0.05, 0) is 45.6 Å². The number of hydrogen-bond donors (Lipinski definition) is 1. The molecule has 2 saturated heterocycles. The van der Waals surface area contributed by atoms with E-state index >= 15 is 0 Å². The molecule has 3 atom stereocenters. The number of benzene rings is 1. The summed E-state index contributed by atoms with van der Waals surface area (Å²) in [5, 5.41) is 3.36. The molecule has 0 saturated carbocycles. The maximum Gasteiger partial charge on any atom is 0.220 e. The molecular formula is C19H28N2O. The number of rotatable bonds is 2. The van der Waals surface area contributed by atoms with E-state index in [1.54, 1.807) is 0 Å². The summed E-state index contributed by atoms with van der Waals surface area (Å²) in [5.74, 6) is 0.226. The molecule has 1 amide bonds. The van der Waals surface area contributed by atoms with Gasteiger partial charge in [-0.3, -0.25) is 9.69 Å². The van der Waals surface area contributed by atoms with Crippen LogP contribution < -0.4 is 5.32 Å². The molecule has 3 nitrogen and oxygen atoms in total. The number of nitrogens with one attached hydrogen (secondary N) is 1. The number of amides is 1. The van der Waals surface area contributed by atoms with Crippen LogP contribution in [0.5, 0.6) is 0 Å². The minimum Gasteiger partial charge on any atom is -0.349 e. The van der Waals surface area contributed by atoms with Crippen molar-refractivity contribution in [3.63, 3.8) is 0 Å². The topological polar surface area (TPSA) is 32.3 Å². The molecule has 1 aromatic carbocycles. The quantitative estimate of drug-likeness (QED) is 0.904. The molecule has 0 spiro atoms. The molecule has 1 aromatic rings. The zero-order valence-corrected chi connectivity index (χ0v) is 14.0. The predicted molar refractivity (Wildman–Crippen MR) is 89.6 cm³/mol. The van der Waals surface area contributed by atoms with Crippen molar-refractivity contribution in [2.75, 3.05) is 0 Å². The number of carbonyl (C=O) groups excluding carboxylic acids is 1. The van der Waals surface area contributed by atoms with Crippen LogP contribution in [0.3, 0.4) is 0 Å². The molecule has 0 unspecified atom stereocenters. The van der Waals surface area contributed by atoms with Gasteiger partial charge in [0.05, 0.1) is 5.54 Å². The van der Waals surface area contributed by atoms with E-state index in [1.165, 1.54) is 12.0 Å². The minimum absolute atomic E-state index is 0.109. The van der Waals surface area contributed by atoms with Crippen LogP contribution in [0.4, 0.5) is 0 Å². The lowest BCUT2D eigenvalue weighted by Crippen LogP contribution is -2.56. The van der Waals surface area contributed by atoms with Crippen molar-refractivity contribution in [2.24, 2.45) is 0 Å². The summed E-state index contributed by atoms with van der Waals surface area (Å²) in [7, 11) is 0.